The Morgan fingerprint density at radius 2 is 2.42 bits per heavy atom. The summed E-state index contributed by atoms with van der Waals surface area (Å²) in [6, 6.07) is 0. The van der Waals surface area contributed by atoms with Crippen LogP contribution in [0.5, 0.6) is 0 Å². The van der Waals surface area contributed by atoms with Gasteiger partial charge < -0.3 is 9.53 Å². The van der Waals surface area contributed by atoms with Crippen LogP contribution in [0.3, 0.4) is 0 Å². The number of aldehydes is 1. The Morgan fingerprint density at radius 1 is 1.58 bits per heavy atom. The maximum Gasteiger partial charge on any atom is 0.123 e. The van der Waals surface area contributed by atoms with Gasteiger partial charge in [-0.05, 0) is 19.3 Å². The smallest absolute Gasteiger partial charge is 0.123 e. The number of carbonyl (C=O) groups is 1. The average molecular weight is 170 g/mol. The summed E-state index contributed by atoms with van der Waals surface area (Å²) in [7, 11) is 0. The average Bonchev–Trinajstić information content (AvgIpc) is 2.15. The molecule has 2 atom stereocenters. The first-order chi connectivity index (χ1) is 5.86. The number of hydrogen-bond acceptors (Lipinski definition) is 2. The number of unbranched alkanes of at least 4 members (excludes halogenated alkanes) is 1. The Labute approximate surface area is 74.3 Å². The summed E-state index contributed by atoms with van der Waals surface area (Å²) in [5.41, 5.74) is 0. The van der Waals surface area contributed by atoms with Gasteiger partial charge in [-0.2, -0.15) is 0 Å². The third-order valence-electron chi connectivity index (χ3n) is 2.48. The maximum absolute atomic E-state index is 10.5. The first kappa shape index (κ1) is 9.72. The van der Waals surface area contributed by atoms with Gasteiger partial charge in [0.1, 0.15) is 6.29 Å². The fraction of sp³-hybridized carbons (Fsp3) is 0.900. The van der Waals surface area contributed by atoms with Crippen molar-refractivity contribution in [1.82, 2.24) is 0 Å². The van der Waals surface area contributed by atoms with Crippen molar-refractivity contribution in [3.05, 3.63) is 0 Å². The molecular weight excluding hydrogens is 152 g/mol. The van der Waals surface area contributed by atoms with Crippen LogP contribution in [-0.4, -0.2) is 19.0 Å². The second-order valence-electron chi connectivity index (χ2n) is 3.56. The van der Waals surface area contributed by atoms with E-state index in [9.17, 15) is 4.79 Å². The van der Waals surface area contributed by atoms with Gasteiger partial charge in [0.05, 0.1) is 6.10 Å². The zero-order valence-corrected chi connectivity index (χ0v) is 7.79. The molecule has 1 aliphatic heterocycles. The molecule has 12 heavy (non-hydrogen) atoms. The fourth-order valence-electron chi connectivity index (χ4n) is 1.67. The highest BCUT2D eigenvalue weighted by atomic mass is 16.5. The van der Waals surface area contributed by atoms with Crippen LogP contribution in [0.25, 0.3) is 0 Å². The summed E-state index contributed by atoms with van der Waals surface area (Å²) in [4.78, 5) is 10.5. The third kappa shape index (κ3) is 2.94. The highest BCUT2D eigenvalue weighted by Gasteiger charge is 2.21. The summed E-state index contributed by atoms with van der Waals surface area (Å²) in [6.45, 7) is 2.96. The lowest BCUT2D eigenvalue weighted by atomic mass is 9.94. The summed E-state index contributed by atoms with van der Waals surface area (Å²) in [6.07, 6.45) is 6.87. The molecule has 2 unspecified atom stereocenters. The molecule has 0 radical (unpaired) electrons. The highest BCUT2D eigenvalue weighted by molar-refractivity contribution is 5.53. The molecule has 0 bridgehead atoms. The van der Waals surface area contributed by atoms with Crippen molar-refractivity contribution in [2.24, 2.45) is 5.92 Å². The van der Waals surface area contributed by atoms with E-state index in [1.54, 1.807) is 0 Å². The Balaban J connectivity index is 2.20. The molecule has 0 amide bonds. The standard InChI is InChI=1S/C10H18O2/c1-2-3-4-10-7-9(8-11)5-6-12-10/h8-10H,2-7H2,1H3. The van der Waals surface area contributed by atoms with Gasteiger partial charge in [-0.25, -0.2) is 0 Å². The SMILES string of the molecule is CCCCC1CC(C=O)CCO1. The topological polar surface area (TPSA) is 26.3 Å². The Kier molecular flexibility index (Phi) is 4.30. The third-order valence-corrected chi connectivity index (χ3v) is 2.48. The Bertz CT molecular complexity index is 134. The minimum absolute atomic E-state index is 0.264. The van der Waals surface area contributed by atoms with E-state index in [1.807, 2.05) is 0 Å². The molecule has 0 aromatic heterocycles. The number of rotatable bonds is 4. The molecule has 1 heterocycles. The number of carbonyl (C=O) groups excluding carboxylic acids is 1. The van der Waals surface area contributed by atoms with Gasteiger partial charge >= 0.3 is 0 Å². The predicted molar refractivity (Wildman–Crippen MR) is 48.1 cm³/mol. The van der Waals surface area contributed by atoms with Crippen molar-refractivity contribution in [3.63, 3.8) is 0 Å². The molecule has 0 saturated carbocycles. The lowest BCUT2D eigenvalue weighted by molar-refractivity contribution is -0.116. The van der Waals surface area contributed by atoms with Gasteiger partial charge in [-0.1, -0.05) is 19.8 Å². The molecule has 0 N–H and O–H groups in total. The molecule has 1 saturated heterocycles. The van der Waals surface area contributed by atoms with Crippen LogP contribution in [0.2, 0.25) is 0 Å². The molecule has 1 aliphatic rings. The van der Waals surface area contributed by atoms with Crippen molar-refractivity contribution < 1.29 is 9.53 Å². The van der Waals surface area contributed by atoms with Gasteiger partial charge in [0.2, 0.25) is 0 Å². The van der Waals surface area contributed by atoms with Crippen LogP contribution in [0, 0.1) is 5.92 Å². The van der Waals surface area contributed by atoms with Gasteiger partial charge in [0.15, 0.2) is 0 Å². The largest absolute Gasteiger partial charge is 0.378 e. The summed E-state index contributed by atoms with van der Waals surface area (Å²) in [5, 5.41) is 0. The Hall–Kier alpha value is -0.370. The summed E-state index contributed by atoms with van der Waals surface area (Å²) < 4.78 is 5.55. The van der Waals surface area contributed by atoms with E-state index >= 15 is 0 Å². The number of hydrogen-bond donors (Lipinski definition) is 0. The van der Waals surface area contributed by atoms with E-state index < -0.39 is 0 Å². The van der Waals surface area contributed by atoms with Crippen LogP contribution in [0.15, 0.2) is 0 Å². The van der Waals surface area contributed by atoms with Crippen LogP contribution >= 0.6 is 0 Å². The van der Waals surface area contributed by atoms with Crippen molar-refractivity contribution in [1.29, 1.82) is 0 Å². The first-order valence-corrected chi connectivity index (χ1v) is 4.93. The van der Waals surface area contributed by atoms with Crippen LogP contribution in [0.1, 0.15) is 39.0 Å². The number of ether oxygens (including phenoxy) is 1. The molecule has 0 spiro atoms. The summed E-state index contributed by atoms with van der Waals surface area (Å²) >= 11 is 0. The minimum Gasteiger partial charge on any atom is -0.378 e. The van der Waals surface area contributed by atoms with E-state index in [2.05, 4.69) is 6.92 Å². The molecule has 2 heteroatoms. The molecule has 1 rings (SSSR count). The quantitative estimate of drug-likeness (QED) is 0.604. The van der Waals surface area contributed by atoms with Gasteiger partial charge in [-0.3, -0.25) is 0 Å². The molecule has 1 fully saturated rings. The van der Waals surface area contributed by atoms with Gasteiger partial charge in [-0.15, -0.1) is 0 Å². The lowest BCUT2D eigenvalue weighted by Gasteiger charge is -2.26. The van der Waals surface area contributed by atoms with Crippen LogP contribution < -0.4 is 0 Å². The van der Waals surface area contributed by atoms with Crippen LogP contribution in [0.4, 0.5) is 0 Å². The first-order valence-electron chi connectivity index (χ1n) is 4.93. The van der Waals surface area contributed by atoms with Gasteiger partial charge in [0.25, 0.3) is 0 Å². The lowest BCUT2D eigenvalue weighted by Crippen LogP contribution is -2.26. The van der Waals surface area contributed by atoms with Crippen molar-refractivity contribution in [2.45, 2.75) is 45.1 Å². The zero-order valence-electron chi connectivity index (χ0n) is 7.79. The highest BCUT2D eigenvalue weighted by Crippen LogP contribution is 2.21. The maximum atomic E-state index is 10.5. The fourth-order valence-corrected chi connectivity index (χ4v) is 1.67. The molecule has 70 valence electrons. The van der Waals surface area contributed by atoms with E-state index in [1.165, 1.54) is 12.8 Å². The van der Waals surface area contributed by atoms with Crippen molar-refractivity contribution in [3.8, 4) is 0 Å². The molecule has 0 aliphatic carbocycles. The van der Waals surface area contributed by atoms with E-state index in [0.29, 0.717) is 6.10 Å². The van der Waals surface area contributed by atoms with Crippen molar-refractivity contribution in [2.75, 3.05) is 6.61 Å². The minimum atomic E-state index is 0.264. The van der Waals surface area contributed by atoms with Crippen molar-refractivity contribution >= 4 is 6.29 Å². The van der Waals surface area contributed by atoms with E-state index in [4.69, 9.17) is 4.74 Å². The second-order valence-corrected chi connectivity index (χ2v) is 3.56. The molecule has 2 nitrogen and oxygen atoms in total. The monoisotopic (exact) mass is 170 g/mol. The Morgan fingerprint density at radius 3 is 3.08 bits per heavy atom. The normalized spacial score (nSPS) is 30.1. The second kappa shape index (κ2) is 5.31. The summed E-state index contributed by atoms with van der Waals surface area (Å²) in [5.74, 6) is 0.264. The van der Waals surface area contributed by atoms with Gasteiger partial charge in [0, 0.05) is 12.5 Å². The van der Waals surface area contributed by atoms with E-state index in [0.717, 1.165) is 32.2 Å². The molecule has 0 aromatic rings. The zero-order chi connectivity index (χ0) is 8.81. The van der Waals surface area contributed by atoms with E-state index in [-0.39, 0.29) is 5.92 Å². The predicted octanol–water partition coefficient (Wildman–Crippen LogP) is 2.17. The molecular formula is C10H18O2. The van der Waals surface area contributed by atoms with Crippen LogP contribution in [-0.2, 0) is 9.53 Å². The molecule has 0 aromatic carbocycles.